The maximum Gasteiger partial charge on any atom is 0.254 e. The van der Waals surface area contributed by atoms with Crippen molar-refractivity contribution in [2.75, 3.05) is 13.1 Å². The van der Waals surface area contributed by atoms with Crippen molar-refractivity contribution >= 4 is 5.91 Å². The van der Waals surface area contributed by atoms with Gasteiger partial charge in [-0.3, -0.25) is 4.79 Å². The predicted molar refractivity (Wildman–Crippen MR) is 53.9 cm³/mol. The second kappa shape index (κ2) is 4.28. The molecule has 78 valence electrons. The van der Waals surface area contributed by atoms with Gasteiger partial charge in [0.25, 0.3) is 5.91 Å². The Kier molecular flexibility index (Phi) is 3.30. The van der Waals surface area contributed by atoms with Crippen LogP contribution in [0.15, 0.2) is 23.0 Å². The van der Waals surface area contributed by atoms with Gasteiger partial charge in [-0.1, -0.05) is 13.8 Å². The van der Waals surface area contributed by atoms with Crippen LogP contribution in [0.25, 0.3) is 0 Å². The number of rotatable bonds is 4. The highest BCUT2D eigenvalue weighted by molar-refractivity contribution is 5.93. The van der Waals surface area contributed by atoms with Crippen molar-refractivity contribution in [3.63, 3.8) is 0 Å². The van der Waals surface area contributed by atoms with Crippen molar-refractivity contribution in [2.45, 2.75) is 13.8 Å². The predicted octanol–water partition coefficient (Wildman–Crippen LogP) is 0.994. The molecule has 1 heterocycles. The summed E-state index contributed by atoms with van der Waals surface area (Å²) in [6.45, 7) is 5.11. The van der Waals surface area contributed by atoms with Crippen LogP contribution in [0.5, 0.6) is 0 Å². The molecular weight excluding hydrogens is 180 g/mol. The summed E-state index contributed by atoms with van der Waals surface area (Å²) in [6, 6.07) is 1.63. The van der Waals surface area contributed by atoms with E-state index in [0.717, 1.165) is 0 Å². The minimum atomic E-state index is -0.125. The topological polar surface area (TPSA) is 68.3 Å². The molecule has 0 saturated carbocycles. The molecule has 0 aliphatic rings. The Hall–Kier alpha value is -1.29. The van der Waals surface area contributed by atoms with E-state index in [0.29, 0.717) is 18.7 Å². The molecule has 0 spiro atoms. The molecule has 4 nitrogen and oxygen atoms in total. The van der Waals surface area contributed by atoms with E-state index in [9.17, 15) is 4.79 Å². The molecule has 0 fully saturated rings. The molecule has 4 heteroatoms. The SMILES string of the molecule is CC(C)(CN)CNC(=O)c1ccoc1. The zero-order chi connectivity index (χ0) is 10.6. The Morgan fingerprint density at radius 1 is 1.64 bits per heavy atom. The Labute approximate surface area is 83.5 Å². The molecule has 0 radical (unpaired) electrons. The van der Waals surface area contributed by atoms with Crippen molar-refractivity contribution in [1.82, 2.24) is 5.32 Å². The molecule has 1 amide bonds. The van der Waals surface area contributed by atoms with E-state index in [1.54, 1.807) is 6.07 Å². The van der Waals surface area contributed by atoms with Crippen molar-refractivity contribution in [1.29, 1.82) is 0 Å². The molecule has 0 aliphatic heterocycles. The summed E-state index contributed by atoms with van der Waals surface area (Å²) in [5, 5.41) is 2.80. The van der Waals surface area contributed by atoms with Crippen LogP contribution in [-0.2, 0) is 0 Å². The first kappa shape index (κ1) is 10.8. The lowest BCUT2D eigenvalue weighted by Crippen LogP contribution is -2.38. The first-order chi connectivity index (χ1) is 6.55. The molecule has 0 atom stereocenters. The van der Waals surface area contributed by atoms with E-state index >= 15 is 0 Å². The summed E-state index contributed by atoms with van der Waals surface area (Å²) >= 11 is 0. The number of carbonyl (C=O) groups excluding carboxylic acids is 1. The van der Waals surface area contributed by atoms with Crippen molar-refractivity contribution < 1.29 is 9.21 Å². The van der Waals surface area contributed by atoms with Crippen LogP contribution in [-0.4, -0.2) is 19.0 Å². The second-order valence-electron chi connectivity index (χ2n) is 4.06. The minimum absolute atomic E-state index is 0.0700. The standard InChI is InChI=1S/C10H16N2O2/c1-10(2,6-11)7-12-9(13)8-3-4-14-5-8/h3-5H,6-7,11H2,1-2H3,(H,12,13). The van der Waals surface area contributed by atoms with Gasteiger partial charge in [0.1, 0.15) is 6.26 Å². The summed E-state index contributed by atoms with van der Waals surface area (Å²) in [6.07, 6.45) is 2.90. The van der Waals surface area contributed by atoms with Gasteiger partial charge in [0, 0.05) is 6.54 Å². The first-order valence-corrected chi connectivity index (χ1v) is 4.56. The van der Waals surface area contributed by atoms with Crippen molar-refractivity contribution in [3.05, 3.63) is 24.2 Å². The van der Waals surface area contributed by atoms with Gasteiger partial charge in [0.2, 0.25) is 0 Å². The number of carbonyl (C=O) groups is 1. The normalized spacial score (nSPS) is 11.4. The van der Waals surface area contributed by atoms with Crippen LogP contribution in [0.1, 0.15) is 24.2 Å². The van der Waals surface area contributed by atoms with Gasteiger partial charge in [-0.05, 0) is 18.0 Å². The van der Waals surface area contributed by atoms with E-state index in [1.807, 2.05) is 13.8 Å². The quantitative estimate of drug-likeness (QED) is 0.754. The highest BCUT2D eigenvalue weighted by atomic mass is 16.3. The van der Waals surface area contributed by atoms with Crippen LogP contribution in [0.2, 0.25) is 0 Å². The first-order valence-electron chi connectivity index (χ1n) is 4.56. The fraction of sp³-hybridized carbons (Fsp3) is 0.500. The zero-order valence-corrected chi connectivity index (χ0v) is 8.54. The monoisotopic (exact) mass is 196 g/mol. The van der Waals surface area contributed by atoms with Crippen LogP contribution >= 0.6 is 0 Å². The van der Waals surface area contributed by atoms with Crippen LogP contribution < -0.4 is 11.1 Å². The largest absolute Gasteiger partial charge is 0.472 e. The number of hydrogen-bond acceptors (Lipinski definition) is 3. The lowest BCUT2D eigenvalue weighted by atomic mass is 9.94. The Morgan fingerprint density at radius 2 is 2.36 bits per heavy atom. The van der Waals surface area contributed by atoms with Crippen LogP contribution in [0, 0.1) is 5.41 Å². The Morgan fingerprint density at radius 3 is 2.86 bits per heavy atom. The fourth-order valence-electron chi connectivity index (χ4n) is 0.887. The molecule has 0 aromatic carbocycles. The van der Waals surface area contributed by atoms with Gasteiger partial charge in [-0.25, -0.2) is 0 Å². The molecule has 0 unspecified atom stereocenters. The van der Waals surface area contributed by atoms with Gasteiger partial charge in [-0.2, -0.15) is 0 Å². The molecule has 14 heavy (non-hydrogen) atoms. The van der Waals surface area contributed by atoms with Gasteiger partial charge in [-0.15, -0.1) is 0 Å². The fourth-order valence-corrected chi connectivity index (χ4v) is 0.887. The van der Waals surface area contributed by atoms with Gasteiger partial charge in [0.05, 0.1) is 11.8 Å². The molecule has 3 N–H and O–H groups in total. The number of amides is 1. The molecule has 1 aromatic rings. The third-order valence-corrected chi connectivity index (χ3v) is 2.06. The Balaban J connectivity index is 2.43. The number of hydrogen-bond donors (Lipinski definition) is 2. The van der Waals surface area contributed by atoms with E-state index in [-0.39, 0.29) is 11.3 Å². The average molecular weight is 196 g/mol. The molecular formula is C10H16N2O2. The zero-order valence-electron chi connectivity index (χ0n) is 8.54. The summed E-state index contributed by atoms with van der Waals surface area (Å²) in [4.78, 5) is 11.5. The maximum absolute atomic E-state index is 11.5. The summed E-state index contributed by atoms with van der Waals surface area (Å²) < 4.78 is 4.81. The number of furan rings is 1. The van der Waals surface area contributed by atoms with Gasteiger partial charge in [0.15, 0.2) is 0 Å². The lowest BCUT2D eigenvalue weighted by Gasteiger charge is -2.22. The van der Waals surface area contributed by atoms with Crippen molar-refractivity contribution in [2.24, 2.45) is 11.1 Å². The minimum Gasteiger partial charge on any atom is -0.472 e. The third-order valence-electron chi connectivity index (χ3n) is 2.06. The molecule has 1 rings (SSSR count). The summed E-state index contributed by atoms with van der Waals surface area (Å²) in [7, 11) is 0. The third kappa shape index (κ3) is 2.88. The number of nitrogens with one attached hydrogen (secondary N) is 1. The molecule has 1 aromatic heterocycles. The highest BCUT2D eigenvalue weighted by Gasteiger charge is 2.17. The van der Waals surface area contributed by atoms with Gasteiger partial charge >= 0.3 is 0 Å². The molecule has 0 saturated heterocycles. The lowest BCUT2D eigenvalue weighted by molar-refractivity contribution is 0.0937. The van der Waals surface area contributed by atoms with E-state index in [4.69, 9.17) is 10.2 Å². The van der Waals surface area contributed by atoms with E-state index in [1.165, 1.54) is 12.5 Å². The smallest absolute Gasteiger partial charge is 0.254 e. The highest BCUT2D eigenvalue weighted by Crippen LogP contribution is 2.10. The molecule has 0 aliphatic carbocycles. The van der Waals surface area contributed by atoms with Crippen LogP contribution in [0.4, 0.5) is 0 Å². The summed E-state index contributed by atoms with van der Waals surface area (Å²) in [5.74, 6) is -0.125. The maximum atomic E-state index is 11.5. The van der Waals surface area contributed by atoms with Crippen molar-refractivity contribution in [3.8, 4) is 0 Å². The number of nitrogens with two attached hydrogens (primary N) is 1. The van der Waals surface area contributed by atoms with E-state index in [2.05, 4.69) is 5.32 Å². The second-order valence-corrected chi connectivity index (χ2v) is 4.06. The Bertz CT molecular complexity index is 291. The van der Waals surface area contributed by atoms with Gasteiger partial charge < -0.3 is 15.5 Å². The van der Waals surface area contributed by atoms with E-state index < -0.39 is 0 Å². The van der Waals surface area contributed by atoms with Crippen LogP contribution in [0.3, 0.4) is 0 Å². The molecule has 0 bridgehead atoms. The average Bonchev–Trinajstić information content (AvgIpc) is 2.67. The summed E-state index contributed by atoms with van der Waals surface area (Å²) in [5.41, 5.74) is 6.01.